The molecule has 2 aliphatic rings. The number of hydrogen-bond acceptors (Lipinski definition) is 11. The van der Waals surface area contributed by atoms with Crippen LogP contribution in [-0.4, -0.2) is 142 Å². The average molecular weight is 1060 g/mol. The van der Waals surface area contributed by atoms with Crippen molar-refractivity contribution in [3.63, 3.8) is 0 Å². The molecule has 3 aromatic rings. The number of rotatable bonds is 19. The van der Waals surface area contributed by atoms with Crippen molar-refractivity contribution in [2.75, 3.05) is 27.2 Å². The highest BCUT2D eigenvalue weighted by atomic mass is 35.5. The van der Waals surface area contributed by atoms with E-state index >= 15 is 0 Å². The maximum atomic E-state index is 14.5. The number of amides is 8. The third-order valence-electron chi connectivity index (χ3n) is 13.4. The molecule has 5 rings (SSSR count). The third kappa shape index (κ3) is 15.5. The molecule has 1 aromatic heterocycles. The Balaban J connectivity index is 0.00000703. The van der Waals surface area contributed by atoms with Crippen LogP contribution in [0.1, 0.15) is 119 Å². The maximum Gasteiger partial charge on any atom is 0.272 e. The Morgan fingerprint density at radius 2 is 1.03 bits per heavy atom. The average Bonchev–Trinajstić information content (AvgIpc) is 4.08. The Bertz CT molecular complexity index is 2400. The highest BCUT2D eigenvalue weighted by Gasteiger charge is 2.47. The normalized spacial score (nSPS) is 19.9. The summed E-state index contributed by atoms with van der Waals surface area (Å²) in [6.45, 7) is 16.0. The molecule has 402 valence electrons. The lowest BCUT2D eigenvalue weighted by atomic mass is 9.85. The number of carbonyl (C=O) groups is 8. The predicted molar refractivity (Wildman–Crippen MR) is 282 cm³/mol. The lowest BCUT2D eigenvalue weighted by Gasteiger charge is -2.36. The van der Waals surface area contributed by atoms with Gasteiger partial charge in [-0.3, -0.25) is 43.0 Å². The molecule has 2 aromatic carbocycles. The van der Waals surface area contributed by atoms with Gasteiger partial charge in [0.2, 0.25) is 35.4 Å². The number of likely N-dealkylation sites (N-methyl/N-ethyl adjacent to an activating group) is 2. The molecule has 2 aliphatic heterocycles. The van der Waals surface area contributed by atoms with Gasteiger partial charge in [0.05, 0.1) is 24.2 Å². The molecule has 1 unspecified atom stereocenters. The molecule has 0 aliphatic carbocycles. The van der Waals surface area contributed by atoms with Crippen LogP contribution in [0.3, 0.4) is 0 Å². The van der Waals surface area contributed by atoms with Crippen molar-refractivity contribution in [1.29, 1.82) is 0 Å². The topological polar surface area (TPSA) is 257 Å². The van der Waals surface area contributed by atoms with Gasteiger partial charge in [0.1, 0.15) is 29.9 Å². The fourth-order valence-corrected chi connectivity index (χ4v) is 8.76. The van der Waals surface area contributed by atoms with Crippen LogP contribution < -0.4 is 42.5 Å². The van der Waals surface area contributed by atoms with E-state index in [-0.39, 0.29) is 74.0 Å². The molecule has 0 bridgehead atoms. The summed E-state index contributed by atoms with van der Waals surface area (Å²) in [6, 6.07) is 12.6. The van der Waals surface area contributed by atoms with E-state index in [2.05, 4.69) is 47.6 Å². The molecule has 8 N–H and O–H groups in total. The Labute approximate surface area is 441 Å². The molecule has 10 atom stereocenters. The second-order valence-electron chi connectivity index (χ2n) is 20.2. The van der Waals surface area contributed by atoms with Crippen molar-refractivity contribution in [2.45, 2.75) is 136 Å². The summed E-state index contributed by atoms with van der Waals surface area (Å²) in [7, 11) is 4.77. The second kappa shape index (κ2) is 26.7. The molecular formula is C51H76Cl2N12O8. The van der Waals surface area contributed by atoms with Gasteiger partial charge in [-0.25, -0.2) is 0 Å². The van der Waals surface area contributed by atoms with Gasteiger partial charge in [-0.15, -0.1) is 24.8 Å². The Morgan fingerprint density at radius 3 is 1.45 bits per heavy atom. The second-order valence-corrected chi connectivity index (χ2v) is 20.2. The molecule has 3 heterocycles. The van der Waals surface area contributed by atoms with E-state index in [9.17, 15) is 38.4 Å². The first-order valence-electron chi connectivity index (χ1n) is 24.4. The summed E-state index contributed by atoms with van der Waals surface area (Å²) in [5.41, 5.74) is 0.865. The molecule has 8 amide bonds. The SMILES string of the molecule is CN[C@H](C)C(=O)N[C@@H](C(=O)N1C[C@@H](NC(=O)c2cc(C(=O)N[C@H]3C[C@@H](C(=O)N[C@H](C)c4ccccc4)N(C(=O)[C@H](NC(=O)[C@@H](C)NC)C(C)(C)C)C3)nn2C)CC1C(=O)N[C@H](C)c1ccccc1)C(C)C.Cl.Cl. The zero-order valence-electron chi connectivity index (χ0n) is 43.9. The standard InChI is InChI=1S/C51H74N12O8.2ClH/c1-28(2)41(58-43(64)31(5)52-10)49(70)62-26-36(24-39(62)47(68)54-29(3)33-19-15-13-16-20-33)57-46(67)38-25-37(60-61(38)12)45(66)56-35-23-40(48(69)55-30(4)34-21-17-14-18-22-34)63(27-35)50(71)42(51(7,8)9)59-44(65)32(6)53-11;;/h13-22,25,28-32,35-36,39-42,52-53H,23-24,26-27H2,1-12H3,(H,54,68)(H,55,69)(H,56,66)(H,57,67)(H,58,64)(H,59,65);2*1H/t29-,30-,31-,32-,35+,36+,39?,40+,41-,42+;;/m1../s1. The summed E-state index contributed by atoms with van der Waals surface area (Å²) in [6.07, 6.45) is 0.111. The Hall–Kier alpha value is -6.09. The van der Waals surface area contributed by atoms with Gasteiger partial charge >= 0.3 is 0 Å². The van der Waals surface area contributed by atoms with Crippen molar-refractivity contribution >= 4 is 72.1 Å². The van der Waals surface area contributed by atoms with Crippen LogP contribution in [0.5, 0.6) is 0 Å². The smallest absolute Gasteiger partial charge is 0.272 e. The minimum absolute atomic E-state index is 0. The molecule has 20 nitrogen and oxygen atoms in total. The molecule has 0 spiro atoms. The summed E-state index contributed by atoms with van der Waals surface area (Å²) < 4.78 is 1.25. The van der Waals surface area contributed by atoms with Crippen LogP contribution >= 0.6 is 24.8 Å². The summed E-state index contributed by atoms with van der Waals surface area (Å²) in [4.78, 5) is 114. The molecule has 2 saturated heterocycles. The number of nitrogens with zero attached hydrogens (tertiary/aromatic N) is 4. The number of carbonyl (C=O) groups excluding carboxylic acids is 8. The van der Waals surface area contributed by atoms with Crippen LogP contribution in [0, 0.1) is 11.3 Å². The predicted octanol–water partition coefficient (Wildman–Crippen LogP) is 2.30. The van der Waals surface area contributed by atoms with E-state index in [0.29, 0.717) is 0 Å². The highest BCUT2D eigenvalue weighted by molar-refractivity contribution is 5.99. The number of nitrogens with one attached hydrogen (secondary N) is 8. The van der Waals surface area contributed by atoms with E-state index in [1.54, 1.807) is 41.8 Å². The Kier molecular flexibility index (Phi) is 22.4. The first-order valence-corrected chi connectivity index (χ1v) is 24.4. The fraction of sp³-hybridized carbons (Fsp3) is 0.549. The van der Waals surface area contributed by atoms with Gasteiger partial charge < -0.3 is 52.3 Å². The molecule has 22 heteroatoms. The van der Waals surface area contributed by atoms with Crippen molar-refractivity contribution in [3.8, 4) is 0 Å². The van der Waals surface area contributed by atoms with Crippen molar-refractivity contribution in [3.05, 3.63) is 89.2 Å². The maximum absolute atomic E-state index is 14.5. The summed E-state index contributed by atoms with van der Waals surface area (Å²) in [5.74, 6) is -4.21. The Morgan fingerprint density at radius 1 is 0.603 bits per heavy atom. The number of halogens is 2. The van der Waals surface area contributed by atoms with Crippen LogP contribution in [0.15, 0.2) is 66.7 Å². The van der Waals surface area contributed by atoms with Gasteiger partial charge in [-0.05, 0) is 77.1 Å². The fourth-order valence-electron chi connectivity index (χ4n) is 8.76. The van der Waals surface area contributed by atoms with Crippen LogP contribution in [0.2, 0.25) is 0 Å². The molecule has 73 heavy (non-hydrogen) atoms. The van der Waals surface area contributed by atoms with Gasteiger partial charge in [0.25, 0.3) is 11.8 Å². The minimum atomic E-state index is -1.02. The third-order valence-corrected chi connectivity index (χ3v) is 13.4. The quantitative estimate of drug-likeness (QED) is 0.0865. The number of aryl methyl sites for hydroxylation is 1. The lowest BCUT2D eigenvalue weighted by molar-refractivity contribution is -0.144. The van der Waals surface area contributed by atoms with Gasteiger partial charge in [-0.2, -0.15) is 5.10 Å². The zero-order valence-corrected chi connectivity index (χ0v) is 45.5. The van der Waals surface area contributed by atoms with Gasteiger partial charge in [0.15, 0.2) is 5.69 Å². The highest BCUT2D eigenvalue weighted by Crippen LogP contribution is 2.28. The first-order chi connectivity index (χ1) is 33.4. The molecular weight excluding hydrogens is 980 g/mol. The van der Waals surface area contributed by atoms with E-state index in [1.807, 2.05) is 95.3 Å². The van der Waals surface area contributed by atoms with Crippen LogP contribution in [0.25, 0.3) is 0 Å². The number of benzene rings is 2. The van der Waals surface area contributed by atoms with E-state index in [0.717, 1.165) is 11.1 Å². The largest absolute Gasteiger partial charge is 0.348 e. The molecule has 0 saturated carbocycles. The van der Waals surface area contributed by atoms with E-state index in [4.69, 9.17) is 0 Å². The zero-order chi connectivity index (χ0) is 52.5. The first kappa shape index (κ1) is 61.2. The molecule has 0 radical (unpaired) electrons. The van der Waals surface area contributed by atoms with Gasteiger partial charge in [-0.1, -0.05) is 95.3 Å². The number of hydrogen-bond donors (Lipinski definition) is 8. The lowest BCUT2D eigenvalue weighted by Crippen LogP contribution is -2.59. The number of likely N-dealkylation sites (tertiary alicyclic amines) is 2. The summed E-state index contributed by atoms with van der Waals surface area (Å²) in [5, 5.41) is 27.7. The van der Waals surface area contributed by atoms with Crippen LogP contribution in [-0.2, 0) is 35.8 Å². The van der Waals surface area contributed by atoms with Gasteiger partial charge in [0, 0.05) is 38.3 Å². The number of aromatic nitrogens is 2. The van der Waals surface area contributed by atoms with Crippen molar-refractivity contribution < 1.29 is 38.4 Å². The molecule has 2 fully saturated rings. The summed E-state index contributed by atoms with van der Waals surface area (Å²) >= 11 is 0. The van der Waals surface area contributed by atoms with Crippen molar-refractivity contribution in [2.24, 2.45) is 18.4 Å². The van der Waals surface area contributed by atoms with E-state index in [1.165, 1.54) is 27.6 Å². The van der Waals surface area contributed by atoms with Crippen LogP contribution in [0.4, 0.5) is 0 Å². The minimum Gasteiger partial charge on any atom is -0.348 e. The van der Waals surface area contributed by atoms with Crippen molar-refractivity contribution in [1.82, 2.24) is 62.1 Å². The van der Waals surface area contributed by atoms with E-state index < -0.39 is 107 Å². The monoisotopic (exact) mass is 1050 g/mol.